The Balaban J connectivity index is 1.36. The van der Waals surface area contributed by atoms with E-state index < -0.39 is 0 Å². The molecule has 1 N–H and O–H groups in total. The first-order valence-corrected chi connectivity index (χ1v) is 9.43. The van der Waals surface area contributed by atoms with Gasteiger partial charge >= 0.3 is 6.01 Å². The van der Waals surface area contributed by atoms with Crippen molar-refractivity contribution in [3.05, 3.63) is 90.9 Å². The molecule has 0 aliphatic carbocycles. The van der Waals surface area contributed by atoms with Gasteiger partial charge in [-0.2, -0.15) is 4.98 Å². The number of nitrogens with zero attached hydrogens (tertiary/aromatic N) is 4. The van der Waals surface area contributed by atoms with Crippen LogP contribution < -0.4 is 10.1 Å². The summed E-state index contributed by atoms with van der Waals surface area (Å²) in [6.45, 7) is 0. The van der Waals surface area contributed by atoms with Crippen LogP contribution in [0.5, 0.6) is 11.8 Å². The molecule has 0 saturated heterocycles. The minimum atomic E-state index is -0.274. The molecular formula is C23H15N5O3. The number of rotatable bonds is 5. The molecule has 5 rings (SSSR count). The van der Waals surface area contributed by atoms with Crippen LogP contribution >= 0.6 is 0 Å². The van der Waals surface area contributed by atoms with Crippen LogP contribution in [0.1, 0.15) is 10.4 Å². The molecule has 0 bridgehead atoms. The Kier molecular flexibility index (Phi) is 4.78. The van der Waals surface area contributed by atoms with Gasteiger partial charge in [0.25, 0.3) is 5.91 Å². The van der Waals surface area contributed by atoms with Crippen molar-refractivity contribution >= 4 is 22.8 Å². The number of aromatic nitrogens is 4. The second-order valence-corrected chi connectivity index (χ2v) is 6.50. The number of oxazole rings is 1. The predicted molar refractivity (Wildman–Crippen MR) is 114 cm³/mol. The molecule has 0 aliphatic rings. The standard InChI is InChI=1S/C23H15N5O3/c29-21(15-8-10-16(11-9-15)30-23-25-13-4-14-26-23)27-18-6-2-1-5-17(18)22-28-20-19(31-22)7-3-12-24-20/h1-14H,(H,27,29). The number of pyridine rings is 1. The monoisotopic (exact) mass is 409 g/mol. The summed E-state index contributed by atoms with van der Waals surface area (Å²) in [7, 11) is 0. The van der Waals surface area contributed by atoms with Crippen molar-refractivity contribution in [2.45, 2.75) is 0 Å². The average Bonchev–Trinajstić information content (AvgIpc) is 3.25. The lowest BCUT2D eigenvalue weighted by molar-refractivity contribution is 0.102. The summed E-state index contributed by atoms with van der Waals surface area (Å²) < 4.78 is 11.4. The van der Waals surface area contributed by atoms with Crippen LogP contribution in [-0.2, 0) is 0 Å². The molecule has 0 aliphatic heterocycles. The zero-order valence-corrected chi connectivity index (χ0v) is 16.1. The first-order chi connectivity index (χ1) is 15.3. The highest BCUT2D eigenvalue weighted by atomic mass is 16.5. The zero-order chi connectivity index (χ0) is 21.0. The van der Waals surface area contributed by atoms with Crippen molar-refractivity contribution in [3.63, 3.8) is 0 Å². The van der Waals surface area contributed by atoms with Crippen LogP contribution in [0, 0.1) is 0 Å². The van der Waals surface area contributed by atoms with Gasteiger partial charge in [0.1, 0.15) is 5.75 Å². The Hall–Kier alpha value is -4.59. The number of hydrogen-bond acceptors (Lipinski definition) is 7. The molecule has 0 spiro atoms. The third kappa shape index (κ3) is 3.95. The number of carbonyl (C=O) groups is 1. The molecular weight excluding hydrogens is 394 g/mol. The van der Waals surface area contributed by atoms with Crippen molar-refractivity contribution in [2.75, 3.05) is 5.32 Å². The Labute approximate surface area is 176 Å². The van der Waals surface area contributed by atoms with Gasteiger partial charge in [0.2, 0.25) is 5.89 Å². The third-order valence-corrected chi connectivity index (χ3v) is 4.44. The summed E-state index contributed by atoms with van der Waals surface area (Å²) in [6, 6.07) is 19.5. The fraction of sp³-hybridized carbons (Fsp3) is 0. The molecule has 0 unspecified atom stereocenters. The third-order valence-electron chi connectivity index (χ3n) is 4.44. The summed E-state index contributed by atoms with van der Waals surface area (Å²) in [4.78, 5) is 29.4. The van der Waals surface area contributed by atoms with E-state index in [1.807, 2.05) is 18.2 Å². The lowest BCUT2D eigenvalue weighted by Gasteiger charge is -2.09. The Bertz CT molecular complexity index is 1320. The first kappa shape index (κ1) is 18.4. The number of benzene rings is 2. The van der Waals surface area contributed by atoms with Gasteiger partial charge < -0.3 is 14.5 Å². The summed E-state index contributed by atoms with van der Waals surface area (Å²) in [5.74, 6) is 0.641. The first-order valence-electron chi connectivity index (χ1n) is 9.43. The van der Waals surface area contributed by atoms with Gasteiger partial charge in [0.15, 0.2) is 11.2 Å². The predicted octanol–water partition coefficient (Wildman–Crippen LogP) is 4.72. The fourth-order valence-corrected chi connectivity index (χ4v) is 2.98. The van der Waals surface area contributed by atoms with Crippen LogP contribution in [0.25, 0.3) is 22.7 Å². The maximum atomic E-state index is 12.8. The van der Waals surface area contributed by atoms with Gasteiger partial charge in [-0.25, -0.2) is 15.0 Å². The molecule has 8 nitrogen and oxygen atoms in total. The number of nitrogens with one attached hydrogen (secondary N) is 1. The van der Waals surface area contributed by atoms with Crippen molar-refractivity contribution in [2.24, 2.45) is 0 Å². The summed E-state index contributed by atoms with van der Waals surface area (Å²) in [6.07, 6.45) is 4.84. The van der Waals surface area contributed by atoms with E-state index in [0.29, 0.717) is 39.7 Å². The number of para-hydroxylation sites is 1. The highest BCUT2D eigenvalue weighted by Gasteiger charge is 2.15. The van der Waals surface area contributed by atoms with Crippen molar-refractivity contribution in [1.29, 1.82) is 0 Å². The van der Waals surface area contributed by atoms with Gasteiger partial charge in [-0.15, -0.1) is 0 Å². The second-order valence-electron chi connectivity index (χ2n) is 6.50. The van der Waals surface area contributed by atoms with Crippen LogP contribution in [0.3, 0.4) is 0 Å². The van der Waals surface area contributed by atoms with Gasteiger partial charge in [-0.1, -0.05) is 12.1 Å². The number of anilines is 1. The summed E-state index contributed by atoms with van der Waals surface area (Å²) in [5, 5.41) is 2.91. The van der Waals surface area contributed by atoms with Gasteiger partial charge in [-0.05, 0) is 54.6 Å². The average molecular weight is 409 g/mol. The highest BCUT2D eigenvalue weighted by Crippen LogP contribution is 2.30. The number of hydrogen-bond donors (Lipinski definition) is 1. The van der Waals surface area contributed by atoms with Crippen LogP contribution in [0.2, 0.25) is 0 Å². The Morgan fingerprint density at radius 3 is 2.42 bits per heavy atom. The van der Waals surface area contributed by atoms with E-state index in [2.05, 4.69) is 25.3 Å². The van der Waals surface area contributed by atoms with Crippen LogP contribution in [0.4, 0.5) is 5.69 Å². The van der Waals surface area contributed by atoms with Gasteiger partial charge in [-0.3, -0.25) is 4.79 Å². The number of amides is 1. The zero-order valence-electron chi connectivity index (χ0n) is 16.1. The molecule has 2 aromatic carbocycles. The Morgan fingerprint density at radius 1 is 0.839 bits per heavy atom. The minimum absolute atomic E-state index is 0.237. The molecule has 8 heteroatoms. The minimum Gasteiger partial charge on any atom is -0.434 e. The molecule has 3 heterocycles. The summed E-state index contributed by atoms with van der Waals surface area (Å²) in [5.41, 5.74) is 2.80. The largest absolute Gasteiger partial charge is 0.434 e. The van der Waals surface area contributed by atoms with Crippen LogP contribution in [0.15, 0.2) is 89.7 Å². The smallest absolute Gasteiger partial charge is 0.321 e. The van der Waals surface area contributed by atoms with Gasteiger partial charge in [0, 0.05) is 24.2 Å². The molecule has 1 amide bonds. The topological polar surface area (TPSA) is 103 Å². The van der Waals surface area contributed by atoms with E-state index in [4.69, 9.17) is 9.15 Å². The quantitative estimate of drug-likeness (QED) is 0.448. The second kappa shape index (κ2) is 8.03. The fourth-order valence-electron chi connectivity index (χ4n) is 2.98. The number of ether oxygens (including phenoxy) is 1. The maximum Gasteiger partial charge on any atom is 0.321 e. The Morgan fingerprint density at radius 2 is 1.61 bits per heavy atom. The van der Waals surface area contributed by atoms with E-state index in [0.717, 1.165) is 0 Å². The van der Waals surface area contributed by atoms with E-state index >= 15 is 0 Å². The van der Waals surface area contributed by atoms with Crippen LogP contribution in [-0.4, -0.2) is 25.8 Å². The van der Waals surface area contributed by atoms with Crippen molar-refractivity contribution in [1.82, 2.24) is 19.9 Å². The molecule has 3 aromatic heterocycles. The summed E-state index contributed by atoms with van der Waals surface area (Å²) >= 11 is 0. The van der Waals surface area contributed by atoms with E-state index in [-0.39, 0.29) is 11.9 Å². The van der Waals surface area contributed by atoms with E-state index in [1.54, 1.807) is 67.1 Å². The normalized spacial score (nSPS) is 10.7. The number of fused-ring (bicyclic) bond motifs is 1. The SMILES string of the molecule is O=C(Nc1ccccc1-c1nc2ncccc2o1)c1ccc(Oc2ncccn2)cc1. The van der Waals surface area contributed by atoms with Gasteiger partial charge in [0.05, 0.1) is 11.3 Å². The molecule has 5 aromatic rings. The van der Waals surface area contributed by atoms with E-state index in [1.165, 1.54) is 0 Å². The van der Waals surface area contributed by atoms with Crippen molar-refractivity contribution in [3.8, 4) is 23.2 Å². The molecule has 0 saturated carbocycles. The highest BCUT2D eigenvalue weighted by molar-refractivity contribution is 6.06. The van der Waals surface area contributed by atoms with Crippen molar-refractivity contribution < 1.29 is 13.9 Å². The molecule has 31 heavy (non-hydrogen) atoms. The molecule has 0 atom stereocenters. The number of carbonyl (C=O) groups excluding carboxylic acids is 1. The lowest BCUT2D eigenvalue weighted by atomic mass is 10.1. The molecule has 0 fully saturated rings. The molecule has 150 valence electrons. The lowest BCUT2D eigenvalue weighted by Crippen LogP contribution is -2.12. The van der Waals surface area contributed by atoms with E-state index in [9.17, 15) is 4.79 Å². The maximum absolute atomic E-state index is 12.8. The molecule has 0 radical (unpaired) electrons.